The Morgan fingerprint density at radius 3 is 2.62 bits per heavy atom. The van der Waals surface area contributed by atoms with Gasteiger partial charge in [-0.25, -0.2) is 0 Å². The molecule has 29 heavy (non-hydrogen) atoms. The number of rotatable bonds is 4. The predicted molar refractivity (Wildman–Crippen MR) is 104 cm³/mol. The monoisotopic (exact) mass is 428 g/mol. The van der Waals surface area contributed by atoms with Crippen LogP contribution in [0.2, 0.25) is 0 Å². The Kier molecular flexibility index (Phi) is 5.32. The van der Waals surface area contributed by atoms with Gasteiger partial charge in [-0.2, -0.15) is 13.2 Å². The lowest BCUT2D eigenvalue weighted by molar-refractivity contribution is -0.240. The summed E-state index contributed by atoms with van der Waals surface area (Å²) in [7, 11) is 0. The number of hydrogen-bond donors (Lipinski definition) is 2. The normalized spacial score (nSPS) is 29.4. The molecule has 2 N–H and O–H groups in total. The van der Waals surface area contributed by atoms with Crippen LogP contribution in [0.25, 0.3) is 5.52 Å². The van der Waals surface area contributed by atoms with Crippen LogP contribution in [0.15, 0.2) is 36.7 Å². The van der Waals surface area contributed by atoms with E-state index in [0.29, 0.717) is 23.9 Å². The first kappa shape index (κ1) is 20.5. The first-order chi connectivity index (χ1) is 13.7. The lowest BCUT2D eigenvalue weighted by atomic mass is 9.58. The fourth-order valence-corrected chi connectivity index (χ4v) is 5.42. The fourth-order valence-electron chi connectivity index (χ4n) is 5.06. The zero-order valence-corrected chi connectivity index (χ0v) is 16.6. The number of amides is 1. The number of alkyl halides is 4. The van der Waals surface area contributed by atoms with Crippen molar-refractivity contribution in [3.8, 4) is 0 Å². The van der Waals surface area contributed by atoms with Gasteiger partial charge in [0.2, 0.25) is 0 Å². The quantitative estimate of drug-likeness (QED) is 0.545. The van der Waals surface area contributed by atoms with Gasteiger partial charge in [0.05, 0.1) is 17.0 Å². The smallest absolute Gasteiger partial charge is 0.386 e. The van der Waals surface area contributed by atoms with Crippen molar-refractivity contribution in [3.63, 3.8) is 0 Å². The highest BCUT2D eigenvalue weighted by molar-refractivity contribution is 6.22. The highest BCUT2D eigenvalue weighted by Gasteiger charge is 2.60. The minimum atomic E-state index is -4.40. The Morgan fingerprint density at radius 2 is 1.97 bits per heavy atom. The number of aromatic nitrogens is 1. The molecule has 158 valence electrons. The minimum Gasteiger partial charge on any atom is -0.386 e. The number of hydrogen-bond acceptors (Lipinski definition) is 2. The van der Waals surface area contributed by atoms with Crippen molar-refractivity contribution in [2.24, 2.45) is 17.8 Å². The van der Waals surface area contributed by atoms with Gasteiger partial charge in [-0.15, -0.1) is 0 Å². The summed E-state index contributed by atoms with van der Waals surface area (Å²) in [5.41, 5.74) is -2.07. The van der Waals surface area contributed by atoms with E-state index in [9.17, 15) is 23.1 Å². The molecule has 2 saturated carbocycles. The van der Waals surface area contributed by atoms with Crippen molar-refractivity contribution in [3.05, 3.63) is 42.2 Å². The topological polar surface area (TPSA) is 53.7 Å². The predicted octanol–water partition coefficient (Wildman–Crippen LogP) is 4.74. The van der Waals surface area contributed by atoms with Gasteiger partial charge in [0.15, 0.2) is 0 Å². The number of pyridine rings is 1. The summed E-state index contributed by atoms with van der Waals surface area (Å²) >= 11 is 6.44. The summed E-state index contributed by atoms with van der Waals surface area (Å²) in [4.78, 5) is 12.8. The molecule has 2 aliphatic rings. The third-order valence-corrected chi connectivity index (χ3v) is 7.18. The molecule has 1 amide bonds. The fraction of sp³-hybridized carbons (Fsp3) is 0.571. The maximum atomic E-state index is 13.7. The van der Waals surface area contributed by atoms with Crippen LogP contribution >= 0.6 is 11.6 Å². The second-order valence-electron chi connectivity index (χ2n) is 8.31. The van der Waals surface area contributed by atoms with Crippen LogP contribution in [0.3, 0.4) is 0 Å². The van der Waals surface area contributed by atoms with Gasteiger partial charge in [0, 0.05) is 18.3 Å². The number of carbonyl (C=O) groups is 1. The first-order valence-electron chi connectivity index (χ1n) is 10.0. The summed E-state index contributed by atoms with van der Waals surface area (Å²) in [5, 5.41) is 14.0. The molecule has 0 aliphatic heterocycles. The molecule has 2 heterocycles. The molecule has 0 saturated heterocycles. The lowest BCUT2D eigenvalue weighted by Crippen LogP contribution is -2.62. The van der Waals surface area contributed by atoms with E-state index in [-0.39, 0.29) is 25.2 Å². The Balaban J connectivity index is 1.59. The molecule has 4 nitrogen and oxygen atoms in total. The molecule has 0 bridgehead atoms. The van der Waals surface area contributed by atoms with Crippen molar-refractivity contribution in [2.75, 3.05) is 0 Å². The number of fused-ring (bicyclic) bond motifs is 1. The summed E-state index contributed by atoms with van der Waals surface area (Å²) in [5.74, 6) is -3.33. The van der Waals surface area contributed by atoms with Gasteiger partial charge in [-0.1, -0.05) is 36.9 Å². The van der Waals surface area contributed by atoms with Gasteiger partial charge in [0.1, 0.15) is 11.1 Å². The molecular weight excluding hydrogens is 405 g/mol. The van der Waals surface area contributed by atoms with Crippen LogP contribution in [-0.2, 0) is 0 Å². The molecule has 0 radical (unpaired) electrons. The third-order valence-electron chi connectivity index (χ3n) is 6.69. The van der Waals surface area contributed by atoms with Crippen LogP contribution in [-0.4, -0.2) is 32.7 Å². The Labute approximate surface area is 172 Å². The van der Waals surface area contributed by atoms with Crippen LogP contribution in [0.5, 0.6) is 0 Å². The summed E-state index contributed by atoms with van der Waals surface area (Å²) in [6, 6.07) is 7.01. The lowest BCUT2D eigenvalue weighted by Gasteiger charge is -2.52. The summed E-state index contributed by atoms with van der Waals surface area (Å²) in [6.45, 7) is 0. The van der Waals surface area contributed by atoms with Crippen molar-refractivity contribution in [2.45, 2.75) is 55.8 Å². The highest BCUT2D eigenvalue weighted by atomic mass is 35.5. The SMILES string of the molecule is O=C(NC(Cl)C1(O)CCCC(C(F)(F)F)C1C1CCC1)c1ccn2ccccc12. The number of carbonyl (C=O) groups excluding carboxylic acids is 1. The maximum absolute atomic E-state index is 13.7. The van der Waals surface area contributed by atoms with E-state index in [2.05, 4.69) is 5.32 Å². The van der Waals surface area contributed by atoms with Crippen molar-refractivity contribution in [1.82, 2.24) is 9.72 Å². The number of nitrogens with zero attached hydrogens (tertiary/aromatic N) is 1. The van der Waals surface area contributed by atoms with E-state index in [1.54, 1.807) is 35.0 Å². The van der Waals surface area contributed by atoms with E-state index in [4.69, 9.17) is 11.6 Å². The highest BCUT2D eigenvalue weighted by Crippen LogP contribution is 2.54. The maximum Gasteiger partial charge on any atom is 0.392 e. The Hall–Kier alpha value is -1.73. The van der Waals surface area contributed by atoms with Crippen LogP contribution in [0.4, 0.5) is 13.2 Å². The Bertz CT molecular complexity index is 895. The average Bonchev–Trinajstić information content (AvgIpc) is 3.05. The molecule has 4 unspecified atom stereocenters. The number of nitrogens with one attached hydrogen (secondary N) is 1. The van der Waals surface area contributed by atoms with Gasteiger partial charge >= 0.3 is 6.18 Å². The molecule has 4 atom stereocenters. The van der Waals surface area contributed by atoms with Gasteiger partial charge in [0.25, 0.3) is 5.91 Å². The van der Waals surface area contributed by atoms with E-state index >= 15 is 0 Å². The van der Waals surface area contributed by atoms with Crippen molar-refractivity contribution >= 4 is 23.0 Å². The average molecular weight is 429 g/mol. The zero-order valence-electron chi connectivity index (χ0n) is 15.8. The van der Waals surface area contributed by atoms with E-state index < -0.39 is 35.0 Å². The molecular formula is C21H24ClF3N2O2. The van der Waals surface area contributed by atoms with Crippen LogP contribution in [0.1, 0.15) is 48.9 Å². The van der Waals surface area contributed by atoms with E-state index in [1.165, 1.54) is 0 Å². The van der Waals surface area contributed by atoms with E-state index in [0.717, 1.165) is 6.42 Å². The second-order valence-corrected chi connectivity index (χ2v) is 8.74. The van der Waals surface area contributed by atoms with Crippen molar-refractivity contribution < 1.29 is 23.1 Å². The van der Waals surface area contributed by atoms with E-state index in [1.807, 2.05) is 6.07 Å². The molecule has 2 aromatic rings. The molecule has 2 aromatic heterocycles. The molecule has 8 heteroatoms. The van der Waals surface area contributed by atoms with Gasteiger partial charge in [-0.3, -0.25) is 4.79 Å². The molecule has 0 aromatic carbocycles. The molecule has 4 rings (SSSR count). The molecule has 2 fully saturated rings. The second kappa shape index (κ2) is 7.51. The van der Waals surface area contributed by atoms with Crippen LogP contribution in [0, 0.1) is 17.8 Å². The van der Waals surface area contributed by atoms with Gasteiger partial charge in [-0.05, 0) is 43.4 Å². The zero-order chi connectivity index (χ0) is 20.8. The summed E-state index contributed by atoms with van der Waals surface area (Å²) in [6.07, 6.45) is 1.64. The Morgan fingerprint density at radius 1 is 1.21 bits per heavy atom. The first-order valence-corrected chi connectivity index (χ1v) is 10.4. The minimum absolute atomic E-state index is 0.00530. The van der Waals surface area contributed by atoms with Crippen LogP contribution < -0.4 is 5.32 Å². The molecule has 0 spiro atoms. The summed E-state index contributed by atoms with van der Waals surface area (Å²) < 4.78 is 43.0. The largest absolute Gasteiger partial charge is 0.392 e. The van der Waals surface area contributed by atoms with Gasteiger partial charge < -0.3 is 14.8 Å². The third kappa shape index (κ3) is 3.63. The number of aliphatic hydroxyl groups is 1. The van der Waals surface area contributed by atoms with Crippen molar-refractivity contribution in [1.29, 1.82) is 0 Å². The number of halogens is 4. The molecule has 2 aliphatic carbocycles. The standard InChI is InChI=1S/C21H24ClF3N2O2/c22-19(26-18(28)14-9-12-27-11-2-1-8-16(14)27)20(29)10-4-7-15(21(23,24)25)17(20)13-5-3-6-13/h1-2,8-9,11-13,15,17,19,29H,3-7,10H2,(H,26,28).